The van der Waals surface area contributed by atoms with Gasteiger partial charge in [-0.2, -0.15) is 0 Å². The third kappa shape index (κ3) is 7.60. The fourth-order valence-corrected chi connectivity index (χ4v) is 3.11. The van der Waals surface area contributed by atoms with Gasteiger partial charge in [-0.05, 0) is 50.3 Å². The van der Waals surface area contributed by atoms with Crippen LogP contribution in [-0.4, -0.2) is 69.2 Å². The van der Waals surface area contributed by atoms with Crippen molar-refractivity contribution in [2.45, 2.75) is 90.8 Å². The van der Waals surface area contributed by atoms with Gasteiger partial charge in [0.2, 0.25) is 6.29 Å². The van der Waals surface area contributed by atoms with Crippen molar-refractivity contribution in [3.8, 4) is 5.75 Å². The van der Waals surface area contributed by atoms with Crippen molar-refractivity contribution in [2.24, 2.45) is 5.41 Å². The van der Waals surface area contributed by atoms with Gasteiger partial charge in [0, 0.05) is 12.1 Å². The van der Waals surface area contributed by atoms with E-state index in [9.17, 15) is 25.2 Å². The van der Waals surface area contributed by atoms with E-state index >= 15 is 0 Å². The second-order valence-electron chi connectivity index (χ2n) is 10.4. The average molecular weight is 456 g/mol. The molecule has 1 fully saturated rings. The van der Waals surface area contributed by atoms with Crippen LogP contribution in [0, 0.1) is 5.41 Å². The van der Waals surface area contributed by atoms with Crippen LogP contribution in [0.2, 0.25) is 0 Å². The maximum absolute atomic E-state index is 11.3. The number of aliphatic hydroxyl groups excluding tert-OH is 3. The van der Waals surface area contributed by atoms with Crippen molar-refractivity contribution in [1.29, 1.82) is 0 Å². The normalized spacial score (nSPS) is 26.6. The van der Waals surface area contributed by atoms with Crippen LogP contribution in [0.3, 0.4) is 0 Å². The highest BCUT2D eigenvalue weighted by molar-refractivity contribution is 5.73. The molecule has 5 N–H and O–H groups in total. The van der Waals surface area contributed by atoms with Gasteiger partial charge in [0.15, 0.2) is 6.10 Å². The second kappa shape index (κ2) is 10.4. The highest BCUT2D eigenvalue weighted by atomic mass is 16.7. The molecule has 0 amide bonds. The molecule has 1 aliphatic heterocycles. The summed E-state index contributed by atoms with van der Waals surface area (Å²) in [6, 6.07) is 5.32. The Morgan fingerprint density at radius 2 is 1.72 bits per heavy atom. The van der Waals surface area contributed by atoms with Crippen LogP contribution in [0.4, 0.5) is 5.69 Å². The fourth-order valence-electron chi connectivity index (χ4n) is 3.11. The molecule has 1 heterocycles. The molecule has 1 aromatic carbocycles. The van der Waals surface area contributed by atoms with Crippen LogP contribution in [0.5, 0.6) is 5.75 Å². The van der Waals surface area contributed by atoms with E-state index in [4.69, 9.17) is 14.2 Å². The predicted molar refractivity (Wildman–Crippen MR) is 118 cm³/mol. The molecule has 0 radical (unpaired) electrons. The number of ether oxygens (including phenoxy) is 3. The van der Waals surface area contributed by atoms with Gasteiger partial charge in [-0.25, -0.2) is 4.79 Å². The quantitative estimate of drug-likeness (QED) is 0.373. The number of nitrogens with one attached hydrogen (secondary N) is 1. The lowest BCUT2D eigenvalue weighted by Crippen LogP contribution is -2.61. The number of carboxylic acid groups (broad SMARTS) is 1. The van der Waals surface area contributed by atoms with E-state index in [1.54, 1.807) is 12.1 Å². The minimum absolute atomic E-state index is 0.184. The minimum atomic E-state index is -1.78. The van der Waals surface area contributed by atoms with Gasteiger partial charge in [0.05, 0.1) is 12.3 Å². The Labute approximate surface area is 189 Å². The molecule has 1 aliphatic rings. The summed E-state index contributed by atoms with van der Waals surface area (Å²) in [5, 5.41) is 42.7. The molecular formula is C23H37NO8. The Balaban J connectivity index is 2.19. The zero-order valence-corrected chi connectivity index (χ0v) is 19.7. The van der Waals surface area contributed by atoms with Gasteiger partial charge < -0.3 is 40.0 Å². The summed E-state index contributed by atoms with van der Waals surface area (Å²) < 4.78 is 16.8. The van der Waals surface area contributed by atoms with Crippen molar-refractivity contribution >= 4 is 11.7 Å². The number of carboxylic acids is 1. The lowest BCUT2D eigenvalue weighted by molar-refractivity contribution is -0.271. The molecule has 0 aromatic heterocycles. The molecule has 2 rings (SSSR count). The number of aliphatic hydroxyl groups is 3. The van der Waals surface area contributed by atoms with E-state index in [1.807, 2.05) is 26.8 Å². The Hall–Kier alpha value is -1.91. The summed E-state index contributed by atoms with van der Waals surface area (Å²) in [6.07, 6.45) is -7.43. The number of hydrogen-bond acceptors (Lipinski definition) is 8. The van der Waals surface area contributed by atoms with Crippen LogP contribution < -0.4 is 10.1 Å². The van der Waals surface area contributed by atoms with E-state index in [0.29, 0.717) is 24.7 Å². The van der Waals surface area contributed by atoms with Gasteiger partial charge in [0.1, 0.15) is 24.1 Å². The standard InChI is InChI=1S/C23H37NO8/c1-22(2,3)9-10-30-12-13-7-8-15(14(11-13)24-23(4,5)6)31-21-18(27)16(25)17(26)19(32-21)20(28)29/h7-8,11,16-19,21,24-27H,9-10,12H2,1-6H3,(H,28,29). The number of aliphatic carboxylic acids is 1. The largest absolute Gasteiger partial charge is 0.479 e. The van der Waals surface area contributed by atoms with Crippen molar-refractivity contribution < 1.29 is 39.4 Å². The highest BCUT2D eigenvalue weighted by Gasteiger charge is 2.48. The van der Waals surface area contributed by atoms with Crippen molar-refractivity contribution in [3.63, 3.8) is 0 Å². The van der Waals surface area contributed by atoms with Crippen LogP contribution in [0.1, 0.15) is 53.5 Å². The molecule has 5 unspecified atom stereocenters. The van der Waals surface area contributed by atoms with Gasteiger partial charge in [0.25, 0.3) is 0 Å². The van der Waals surface area contributed by atoms with Crippen LogP contribution in [0.15, 0.2) is 18.2 Å². The van der Waals surface area contributed by atoms with E-state index in [1.165, 1.54) is 0 Å². The molecule has 0 spiro atoms. The fraction of sp³-hybridized carbons (Fsp3) is 0.696. The number of anilines is 1. The van der Waals surface area contributed by atoms with Gasteiger partial charge in [-0.1, -0.05) is 26.8 Å². The average Bonchev–Trinajstić information content (AvgIpc) is 2.65. The minimum Gasteiger partial charge on any atom is -0.479 e. The first-order valence-electron chi connectivity index (χ1n) is 10.8. The lowest BCUT2D eigenvalue weighted by Gasteiger charge is -2.38. The van der Waals surface area contributed by atoms with E-state index in [-0.39, 0.29) is 11.0 Å². The van der Waals surface area contributed by atoms with Crippen LogP contribution in [-0.2, 0) is 20.9 Å². The monoisotopic (exact) mass is 455 g/mol. The van der Waals surface area contributed by atoms with Crippen LogP contribution in [0.25, 0.3) is 0 Å². The van der Waals surface area contributed by atoms with Crippen molar-refractivity contribution in [1.82, 2.24) is 0 Å². The Kier molecular flexibility index (Phi) is 8.52. The molecule has 1 saturated heterocycles. The zero-order valence-electron chi connectivity index (χ0n) is 19.7. The first kappa shape index (κ1) is 26.3. The summed E-state index contributed by atoms with van der Waals surface area (Å²) in [4.78, 5) is 11.3. The molecule has 0 aliphatic carbocycles. The van der Waals surface area contributed by atoms with Gasteiger partial charge in [-0.3, -0.25) is 0 Å². The number of benzene rings is 1. The topological polar surface area (TPSA) is 138 Å². The third-order valence-corrected chi connectivity index (χ3v) is 4.87. The highest BCUT2D eigenvalue weighted by Crippen LogP contribution is 2.32. The predicted octanol–water partition coefficient (Wildman–Crippen LogP) is 2.12. The van der Waals surface area contributed by atoms with E-state index in [0.717, 1.165) is 12.0 Å². The molecule has 5 atom stereocenters. The van der Waals surface area contributed by atoms with Crippen molar-refractivity contribution in [3.05, 3.63) is 23.8 Å². The second-order valence-corrected chi connectivity index (χ2v) is 10.4. The molecule has 9 nitrogen and oxygen atoms in total. The Morgan fingerprint density at radius 1 is 1.06 bits per heavy atom. The summed E-state index contributed by atoms with van der Waals surface area (Å²) in [6.45, 7) is 13.4. The lowest BCUT2D eigenvalue weighted by atomic mass is 9.93. The maximum atomic E-state index is 11.3. The van der Waals surface area contributed by atoms with E-state index in [2.05, 4.69) is 26.1 Å². The first-order valence-corrected chi connectivity index (χ1v) is 10.8. The number of rotatable bonds is 8. The van der Waals surface area contributed by atoms with E-state index < -0.39 is 36.7 Å². The SMILES string of the molecule is CC(C)(C)CCOCc1ccc(OC2OC(C(=O)O)C(O)C(O)C2O)c(NC(C)(C)C)c1. The molecule has 1 aromatic rings. The van der Waals surface area contributed by atoms with Gasteiger partial charge >= 0.3 is 5.97 Å². The first-order chi connectivity index (χ1) is 14.7. The molecule has 182 valence electrons. The number of carbonyl (C=O) groups is 1. The molecule has 32 heavy (non-hydrogen) atoms. The molecule has 0 saturated carbocycles. The summed E-state index contributed by atoms with van der Waals surface area (Å²) in [5.74, 6) is -1.16. The van der Waals surface area contributed by atoms with Crippen LogP contribution >= 0.6 is 0 Å². The summed E-state index contributed by atoms with van der Waals surface area (Å²) in [7, 11) is 0. The molecule has 9 heteroatoms. The molecule has 0 bridgehead atoms. The maximum Gasteiger partial charge on any atom is 0.335 e. The summed E-state index contributed by atoms with van der Waals surface area (Å²) in [5.41, 5.74) is 1.36. The smallest absolute Gasteiger partial charge is 0.335 e. The third-order valence-electron chi connectivity index (χ3n) is 4.87. The Bertz CT molecular complexity index is 770. The van der Waals surface area contributed by atoms with Crippen molar-refractivity contribution in [2.75, 3.05) is 11.9 Å². The Morgan fingerprint density at radius 3 is 2.28 bits per heavy atom. The molecular weight excluding hydrogens is 418 g/mol. The number of hydrogen-bond donors (Lipinski definition) is 5. The zero-order chi connectivity index (χ0) is 24.3. The van der Waals surface area contributed by atoms with Gasteiger partial charge in [-0.15, -0.1) is 0 Å². The summed E-state index contributed by atoms with van der Waals surface area (Å²) >= 11 is 0.